The molecule has 0 aromatic heterocycles. The predicted octanol–water partition coefficient (Wildman–Crippen LogP) is 2.47. The minimum absolute atomic E-state index is 0.243. The standard InChI is InChI=1S/C2I3N/c3-2(4,5)1-6. The lowest BCUT2D eigenvalue weighted by atomic mass is 10.9. The Morgan fingerprint density at radius 2 is 1.50 bits per heavy atom. The van der Waals surface area contributed by atoms with Crippen molar-refractivity contribution < 1.29 is 0 Å². The van der Waals surface area contributed by atoms with Crippen molar-refractivity contribution in [2.45, 2.75) is -0.565 Å². The molecule has 0 unspecified atom stereocenters. The Morgan fingerprint density at radius 1 is 1.33 bits per heavy atom. The molecule has 0 N–H and O–H groups in total. The summed E-state index contributed by atoms with van der Waals surface area (Å²) >= 11 is 6.16. The maximum atomic E-state index is 8.13. The van der Waals surface area contributed by atoms with Crippen LogP contribution in [0.3, 0.4) is 0 Å². The number of alkyl halides is 3. The zero-order chi connectivity index (χ0) is 5.21. The van der Waals surface area contributed by atoms with E-state index < -0.39 is 0 Å². The van der Waals surface area contributed by atoms with E-state index in [9.17, 15) is 0 Å². The molecule has 0 atom stereocenters. The Morgan fingerprint density at radius 3 is 1.50 bits per heavy atom. The molecular weight excluding hydrogens is 419 g/mol. The Balaban J connectivity index is 3.55. The Bertz CT molecular complexity index is 75.8. The van der Waals surface area contributed by atoms with Crippen molar-refractivity contribution in [2.24, 2.45) is 0 Å². The minimum atomic E-state index is -0.243. The smallest absolute Gasteiger partial charge is 0.195 e. The van der Waals surface area contributed by atoms with Gasteiger partial charge in [-0.05, 0) is 67.8 Å². The largest absolute Gasteiger partial charge is 0.208 e. The Hall–Kier alpha value is 1.68. The molecule has 4 heteroatoms. The maximum Gasteiger partial charge on any atom is 0.208 e. The van der Waals surface area contributed by atoms with Crippen molar-refractivity contribution in [3.63, 3.8) is 0 Å². The van der Waals surface area contributed by atoms with Gasteiger partial charge in [-0.3, -0.25) is 0 Å². The molecule has 1 nitrogen and oxygen atoms in total. The van der Waals surface area contributed by atoms with E-state index in [-0.39, 0.29) is -0.565 Å². The Labute approximate surface area is 77.3 Å². The highest BCUT2D eigenvalue weighted by atomic mass is 127. The second kappa shape index (κ2) is 2.86. The average Bonchev–Trinajstić information content (AvgIpc) is 1.35. The summed E-state index contributed by atoms with van der Waals surface area (Å²) in [5.74, 6) is 0. The second-order valence-corrected chi connectivity index (χ2v) is 11.7. The van der Waals surface area contributed by atoms with Gasteiger partial charge >= 0.3 is 0 Å². The molecule has 0 radical (unpaired) electrons. The number of halogens is 3. The molecule has 0 spiro atoms. The Kier molecular flexibility index (Phi) is 3.66. The molecule has 0 rings (SSSR count). The van der Waals surface area contributed by atoms with E-state index in [1.165, 1.54) is 0 Å². The monoisotopic (exact) mass is 419 g/mol. The van der Waals surface area contributed by atoms with Gasteiger partial charge in [-0.15, -0.1) is 0 Å². The van der Waals surface area contributed by atoms with Crippen molar-refractivity contribution in [1.82, 2.24) is 0 Å². The van der Waals surface area contributed by atoms with Gasteiger partial charge in [0.05, 0.1) is 0 Å². The molecule has 0 saturated heterocycles. The highest BCUT2D eigenvalue weighted by Crippen LogP contribution is 2.33. The van der Waals surface area contributed by atoms with E-state index in [0.717, 1.165) is 0 Å². The SMILES string of the molecule is N#CC(I)(I)I. The molecule has 34 valence electrons. The quantitative estimate of drug-likeness (QED) is 0.438. The fourth-order valence-electron chi connectivity index (χ4n) is 0. The first-order chi connectivity index (χ1) is 2.56. The lowest BCUT2D eigenvalue weighted by Gasteiger charge is -1.92. The normalized spacial score (nSPS) is 10.3. The topological polar surface area (TPSA) is 23.8 Å². The van der Waals surface area contributed by atoms with E-state index in [1.807, 2.05) is 0 Å². The van der Waals surface area contributed by atoms with Gasteiger partial charge in [-0.2, -0.15) is 5.26 Å². The fourth-order valence-corrected chi connectivity index (χ4v) is 0. The third-order valence-corrected chi connectivity index (χ3v) is 0.850. The summed E-state index contributed by atoms with van der Waals surface area (Å²) in [6.07, 6.45) is 0. The van der Waals surface area contributed by atoms with Gasteiger partial charge in [-0.1, -0.05) is 0 Å². The van der Waals surface area contributed by atoms with E-state index in [1.54, 1.807) is 0 Å². The highest BCUT2D eigenvalue weighted by Gasteiger charge is 2.13. The summed E-state index contributed by atoms with van der Waals surface area (Å²) in [4.78, 5) is 0. The molecule has 6 heavy (non-hydrogen) atoms. The summed E-state index contributed by atoms with van der Waals surface area (Å²) in [6.45, 7) is 0. The van der Waals surface area contributed by atoms with Crippen molar-refractivity contribution in [1.29, 1.82) is 5.26 Å². The highest BCUT2D eigenvalue weighted by molar-refractivity contribution is 14.3. The van der Waals surface area contributed by atoms with Crippen LogP contribution in [-0.2, 0) is 0 Å². The van der Waals surface area contributed by atoms with Crippen LogP contribution in [-0.4, -0.2) is -0.565 Å². The first-order valence-electron chi connectivity index (χ1n) is 1.04. The van der Waals surface area contributed by atoms with Crippen LogP contribution in [0.1, 0.15) is 0 Å². The van der Waals surface area contributed by atoms with Gasteiger partial charge in [0.1, 0.15) is 6.07 Å². The van der Waals surface area contributed by atoms with Crippen LogP contribution in [0.5, 0.6) is 0 Å². The first kappa shape index (κ1) is 7.68. The molecule has 0 aliphatic carbocycles. The third-order valence-electron chi connectivity index (χ3n) is 0.127. The summed E-state index contributed by atoms with van der Waals surface area (Å²) in [7, 11) is 0. The van der Waals surface area contributed by atoms with E-state index in [0.29, 0.717) is 0 Å². The van der Waals surface area contributed by atoms with Gasteiger partial charge < -0.3 is 0 Å². The molecular formula is C2I3N. The van der Waals surface area contributed by atoms with Crippen LogP contribution in [0.15, 0.2) is 0 Å². The van der Waals surface area contributed by atoms with Crippen LogP contribution in [0.2, 0.25) is 0 Å². The molecule has 0 aliphatic heterocycles. The summed E-state index contributed by atoms with van der Waals surface area (Å²) in [6, 6.07) is 2.06. The first-order valence-corrected chi connectivity index (χ1v) is 4.28. The summed E-state index contributed by atoms with van der Waals surface area (Å²) in [5, 5.41) is 8.13. The van der Waals surface area contributed by atoms with Crippen LogP contribution >= 0.6 is 67.8 Å². The van der Waals surface area contributed by atoms with Crippen LogP contribution in [0.25, 0.3) is 0 Å². The lowest BCUT2D eigenvalue weighted by molar-refractivity contribution is 1.49. The second-order valence-electron chi connectivity index (χ2n) is 0.610. The van der Waals surface area contributed by atoms with E-state index >= 15 is 0 Å². The van der Waals surface area contributed by atoms with Gasteiger partial charge in [-0.25, -0.2) is 0 Å². The molecule has 0 saturated carbocycles. The fraction of sp³-hybridized carbons (Fsp3) is 0.500. The maximum absolute atomic E-state index is 8.13. The zero-order valence-electron chi connectivity index (χ0n) is 2.58. The van der Waals surface area contributed by atoms with Crippen LogP contribution < -0.4 is 0 Å². The van der Waals surface area contributed by atoms with E-state index in [2.05, 4.69) is 73.8 Å². The number of nitrogens with zero attached hydrogens (tertiary/aromatic N) is 1. The molecule has 0 aromatic rings. The molecule has 0 amide bonds. The third kappa shape index (κ3) is 5.68. The molecule has 0 aromatic carbocycles. The number of rotatable bonds is 0. The summed E-state index contributed by atoms with van der Waals surface area (Å²) in [5.41, 5.74) is 0. The number of hydrogen-bond acceptors (Lipinski definition) is 1. The van der Waals surface area contributed by atoms with Crippen molar-refractivity contribution >= 4 is 67.8 Å². The summed E-state index contributed by atoms with van der Waals surface area (Å²) < 4.78 is -0.243. The van der Waals surface area contributed by atoms with Gasteiger partial charge in [0, 0.05) is 0 Å². The van der Waals surface area contributed by atoms with Gasteiger partial charge in [0.15, 0.2) is 0 Å². The van der Waals surface area contributed by atoms with Gasteiger partial charge in [0.25, 0.3) is 0 Å². The molecule has 0 aliphatic rings. The lowest BCUT2D eigenvalue weighted by Crippen LogP contribution is -1.88. The van der Waals surface area contributed by atoms with Crippen molar-refractivity contribution in [3.05, 3.63) is 0 Å². The zero-order valence-corrected chi connectivity index (χ0v) is 9.05. The number of hydrogen-bond donors (Lipinski definition) is 0. The molecule has 0 fully saturated rings. The van der Waals surface area contributed by atoms with E-state index in [4.69, 9.17) is 5.26 Å². The molecule has 0 bridgehead atoms. The average molecular weight is 419 g/mol. The van der Waals surface area contributed by atoms with Gasteiger partial charge in [0.2, 0.25) is -0.565 Å². The van der Waals surface area contributed by atoms with Crippen molar-refractivity contribution in [3.8, 4) is 6.07 Å². The predicted molar refractivity (Wildman–Crippen MR) is 50.4 cm³/mol. The number of nitriles is 1. The van der Waals surface area contributed by atoms with Crippen LogP contribution in [0, 0.1) is 11.3 Å². The molecule has 0 heterocycles. The van der Waals surface area contributed by atoms with Crippen LogP contribution in [0.4, 0.5) is 0 Å². The minimum Gasteiger partial charge on any atom is -0.195 e. The van der Waals surface area contributed by atoms with Crippen molar-refractivity contribution in [2.75, 3.05) is 0 Å².